The van der Waals surface area contributed by atoms with Crippen LogP contribution in [0.1, 0.15) is 18.1 Å². The van der Waals surface area contributed by atoms with Crippen molar-refractivity contribution >= 4 is 5.91 Å². The summed E-state index contributed by atoms with van der Waals surface area (Å²) in [7, 11) is 0. The fourth-order valence-electron chi connectivity index (χ4n) is 2.73. The van der Waals surface area contributed by atoms with Gasteiger partial charge in [-0.1, -0.05) is 36.4 Å². The van der Waals surface area contributed by atoms with Gasteiger partial charge in [-0.3, -0.25) is 4.79 Å². The van der Waals surface area contributed by atoms with E-state index in [4.69, 9.17) is 9.47 Å². The summed E-state index contributed by atoms with van der Waals surface area (Å²) in [4.78, 5) is 14.1. The third kappa shape index (κ3) is 4.11. The van der Waals surface area contributed by atoms with Crippen LogP contribution in [0, 0.1) is 5.82 Å². The number of benzene rings is 2. The molecule has 1 unspecified atom stereocenters. The average molecular weight is 329 g/mol. The predicted octanol–water partition coefficient (Wildman–Crippen LogP) is 3.19. The Morgan fingerprint density at radius 1 is 1.17 bits per heavy atom. The second-order valence-electron chi connectivity index (χ2n) is 5.63. The Kier molecular flexibility index (Phi) is 5.43. The van der Waals surface area contributed by atoms with Crippen LogP contribution in [0.25, 0.3) is 0 Å². The molecule has 1 fully saturated rings. The highest BCUT2D eigenvalue weighted by molar-refractivity contribution is 5.76. The van der Waals surface area contributed by atoms with Gasteiger partial charge in [0.1, 0.15) is 17.7 Å². The first kappa shape index (κ1) is 16.5. The summed E-state index contributed by atoms with van der Waals surface area (Å²) in [5.41, 5.74) is 0.496. The number of hydrogen-bond acceptors (Lipinski definition) is 3. The SMILES string of the molecule is O=C(CCOc1ccccc1)N1CCOC(c2ccccc2F)C1. The number of amides is 1. The Labute approximate surface area is 140 Å². The molecule has 5 heteroatoms. The predicted molar refractivity (Wildman–Crippen MR) is 88.2 cm³/mol. The van der Waals surface area contributed by atoms with Gasteiger partial charge in [-0.05, 0) is 18.2 Å². The van der Waals surface area contributed by atoms with Gasteiger partial charge >= 0.3 is 0 Å². The molecule has 1 amide bonds. The zero-order valence-electron chi connectivity index (χ0n) is 13.4. The van der Waals surface area contributed by atoms with E-state index < -0.39 is 6.10 Å². The third-order valence-electron chi connectivity index (χ3n) is 4.00. The molecule has 0 bridgehead atoms. The molecule has 1 aliphatic rings. The number of carbonyl (C=O) groups excluding carboxylic acids is 1. The summed E-state index contributed by atoms with van der Waals surface area (Å²) in [6.45, 7) is 1.62. The maximum atomic E-state index is 13.9. The largest absolute Gasteiger partial charge is 0.493 e. The standard InChI is InChI=1S/C19H20FNO3/c20-17-9-5-4-8-16(17)18-14-21(11-13-24-18)19(22)10-12-23-15-6-2-1-3-7-15/h1-9,18H,10-14H2. The summed E-state index contributed by atoms with van der Waals surface area (Å²) < 4.78 is 25.1. The molecule has 1 aliphatic heterocycles. The van der Waals surface area contributed by atoms with E-state index in [0.29, 0.717) is 38.3 Å². The van der Waals surface area contributed by atoms with Gasteiger partial charge in [0, 0.05) is 12.1 Å². The van der Waals surface area contributed by atoms with Crippen molar-refractivity contribution < 1.29 is 18.7 Å². The number of nitrogens with zero attached hydrogens (tertiary/aromatic N) is 1. The quantitative estimate of drug-likeness (QED) is 0.845. The van der Waals surface area contributed by atoms with Gasteiger partial charge in [0.15, 0.2) is 0 Å². The molecule has 2 aromatic carbocycles. The summed E-state index contributed by atoms with van der Waals surface area (Å²) >= 11 is 0. The zero-order valence-corrected chi connectivity index (χ0v) is 13.4. The molecule has 0 spiro atoms. The maximum Gasteiger partial charge on any atom is 0.226 e. The highest BCUT2D eigenvalue weighted by Gasteiger charge is 2.26. The van der Waals surface area contributed by atoms with Gasteiger partial charge in [-0.15, -0.1) is 0 Å². The number of rotatable bonds is 5. The summed E-state index contributed by atoms with van der Waals surface area (Å²) in [6, 6.07) is 15.9. The molecule has 0 aromatic heterocycles. The second-order valence-corrected chi connectivity index (χ2v) is 5.63. The van der Waals surface area contributed by atoms with Crippen LogP contribution in [0.3, 0.4) is 0 Å². The smallest absolute Gasteiger partial charge is 0.226 e. The van der Waals surface area contributed by atoms with E-state index in [1.165, 1.54) is 6.07 Å². The molecule has 24 heavy (non-hydrogen) atoms. The van der Waals surface area contributed by atoms with Crippen LogP contribution in [0.4, 0.5) is 4.39 Å². The lowest BCUT2D eigenvalue weighted by molar-refractivity contribution is -0.139. The molecular formula is C19H20FNO3. The molecule has 0 saturated carbocycles. The van der Waals surface area contributed by atoms with Crippen LogP contribution in [0.5, 0.6) is 5.75 Å². The van der Waals surface area contributed by atoms with E-state index in [0.717, 1.165) is 5.75 Å². The summed E-state index contributed by atoms with van der Waals surface area (Å²) in [6.07, 6.45) is -0.127. The first-order valence-corrected chi connectivity index (χ1v) is 8.05. The number of carbonyl (C=O) groups is 1. The number of ether oxygens (including phenoxy) is 2. The molecular weight excluding hydrogens is 309 g/mol. The molecule has 0 radical (unpaired) electrons. The van der Waals surface area contributed by atoms with E-state index in [1.54, 1.807) is 23.1 Å². The van der Waals surface area contributed by atoms with E-state index in [1.807, 2.05) is 30.3 Å². The number of hydrogen-bond donors (Lipinski definition) is 0. The fourth-order valence-corrected chi connectivity index (χ4v) is 2.73. The van der Waals surface area contributed by atoms with Crippen molar-refractivity contribution in [2.24, 2.45) is 0 Å². The molecule has 126 valence electrons. The van der Waals surface area contributed by atoms with Crippen LogP contribution in [-0.2, 0) is 9.53 Å². The van der Waals surface area contributed by atoms with E-state index >= 15 is 0 Å². The van der Waals surface area contributed by atoms with Crippen LogP contribution in [0.2, 0.25) is 0 Å². The Balaban J connectivity index is 1.52. The zero-order chi connectivity index (χ0) is 16.8. The minimum absolute atomic E-state index is 0.00410. The maximum absolute atomic E-state index is 13.9. The lowest BCUT2D eigenvalue weighted by atomic mass is 10.1. The molecule has 3 rings (SSSR count). The van der Waals surface area contributed by atoms with Gasteiger partial charge in [-0.25, -0.2) is 4.39 Å². The van der Waals surface area contributed by atoms with Gasteiger partial charge in [0.25, 0.3) is 0 Å². The normalized spacial score (nSPS) is 17.5. The molecule has 4 nitrogen and oxygen atoms in total. The van der Waals surface area contributed by atoms with Gasteiger partial charge in [-0.2, -0.15) is 0 Å². The average Bonchev–Trinajstić information content (AvgIpc) is 2.63. The summed E-state index contributed by atoms with van der Waals surface area (Å²) in [5.74, 6) is 0.441. The Hall–Kier alpha value is -2.40. The van der Waals surface area contributed by atoms with E-state index in [2.05, 4.69) is 0 Å². The molecule has 1 heterocycles. The number of halogens is 1. The monoisotopic (exact) mass is 329 g/mol. The Morgan fingerprint density at radius 2 is 1.92 bits per heavy atom. The van der Waals surface area contributed by atoms with Crippen molar-refractivity contribution in [2.75, 3.05) is 26.3 Å². The van der Waals surface area contributed by atoms with Gasteiger partial charge < -0.3 is 14.4 Å². The third-order valence-corrected chi connectivity index (χ3v) is 4.00. The fraction of sp³-hybridized carbons (Fsp3) is 0.316. The molecule has 1 saturated heterocycles. The van der Waals surface area contributed by atoms with E-state index in [-0.39, 0.29) is 11.7 Å². The van der Waals surface area contributed by atoms with Crippen molar-refractivity contribution in [1.29, 1.82) is 0 Å². The molecule has 0 N–H and O–H groups in total. The summed E-state index contributed by atoms with van der Waals surface area (Å²) in [5, 5.41) is 0. The van der Waals surface area contributed by atoms with Crippen molar-refractivity contribution in [2.45, 2.75) is 12.5 Å². The van der Waals surface area contributed by atoms with Gasteiger partial charge in [0.05, 0.1) is 26.2 Å². The van der Waals surface area contributed by atoms with Crippen LogP contribution in [0.15, 0.2) is 54.6 Å². The molecule has 1 atom stereocenters. The highest BCUT2D eigenvalue weighted by atomic mass is 19.1. The van der Waals surface area contributed by atoms with Gasteiger partial charge in [0.2, 0.25) is 5.91 Å². The number of morpholine rings is 1. The van der Waals surface area contributed by atoms with Crippen molar-refractivity contribution in [1.82, 2.24) is 4.90 Å². The topological polar surface area (TPSA) is 38.8 Å². The second kappa shape index (κ2) is 7.93. The minimum atomic E-state index is -0.418. The van der Waals surface area contributed by atoms with Crippen LogP contribution < -0.4 is 4.74 Å². The van der Waals surface area contributed by atoms with Crippen molar-refractivity contribution in [3.05, 3.63) is 66.0 Å². The Morgan fingerprint density at radius 3 is 2.71 bits per heavy atom. The van der Waals surface area contributed by atoms with Crippen LogP contribution in [-0.4, -0.2) is 37.1 Å². The lowest BCUT2D eigenvalue weighted by Crippen LogP contribution is -2.42. The van der Waals surface area contributed by atoms with Crippen molar-refractivity contribution in [3.8, 4) is 5.75 Å². The van der Waals surface area contributed by atoms with Crippen molar-refractivity contribution in [3.63, 3.8) is 0 Å². The van der Waals surface area contributed by atoms with E-state index in [9.17, 15) is 9.18 Å². The molecule has 2 aromatic rings. The first-order chi connectivity index (χ1) is 11.7. The Bertz CT molecular complexity index is 677. The lowest BCUT2D eigenvalue weighted by Gasteiger charge is -2.33. The van der Waals surface area contributed by atoms with Crippen LogP contribution >= 0.6 is 0 Å². The number of para-hydroxylation sites is 1. The first-order valence-electron chi connectivity index (χ1n) is 8.05. The highest BCUT2D eigenvalue weighted by Crippen LogP contribution is 2.24. The molecule has 0 aliphatic carbocycles. The minimum Gasteiger partial charge on any atom is -0.493 e.